The van der Waals surface area contributed by atoms with Crippen LogP contribution in [0.25, 0.3) is 0 Å². The predicted molar refractivity (Wildman–Crippen MR) is 107 cm³/mol. The second-order valence-electron chi connectivity index (χ2n) is 6.33. The summed E-state index contributed by atoms with van der Waals surface area (Å²) >= 11 is 0. The van der Waals surface area contributed by atoms with Gasteiger partial charge in [0.25, 0.3) is 11.4 Å². The number of ether oxygens (including phenoxy) is 2. The third-order valence-corrected chi connectivity index (χ3v) is 4.18. The maximum atomic E-state index is 12.2. The number of benzene rings is 3. The molecule has 0 aliphatic carbocycles. The van der Waals surface area contributed by atoms with Gasteiger partial charge in [-0.25, -0.2) is 4.79 Å². The van der Waals surface area contributed by atoms with Crippen LogP contribution in [-0.2, 0) is 11.3 Å². The second-order valence-corrected chi connectivity index (χ2v) is 6.33. The van der Waals surface area contributed by atoms with Gasteiger partial charge in [0.15, 0.2) is 0 Å². The van der Waals surface area contributed by atoms with Crippen LogP contribution in [0.15, 0.2) is 66.7 Å². The lowest BCUT2D eigenvalue weighted by molar-refractivity contribution is -0.385. The molecule has 0 amide bonds. The SMILES string of the molecule is Cc1cc(C(=O)OCc2cccc(Oc3ccc([N+](=O)[O-])cc3)c2)ccc1[N+](=O)[O-]. The highest BCUT2D eigenvalue weighted by Gasteiger charge is 2.15. The van der Waals surface area contributed by atoms with Gasteiger partial charge in [0.05, 0.1) is 15.4 Å². The summed E-state index contributed by atoms with van der Waals surface area (Å²) in [7, 11) is 0. The van der Waals surface area contributed by atoms with Crippen molar-refractivity contribution in [2.45, 2.75) is 13.5 Å². The molecule has 0 aromatic heterocycles. The molecule has 30 heavy (non-hydrogen) atoms. The fourth-order valence-electron chi connectivity index (χ4n) is 2.69. The van der Waals surface area contributed by atoms with E-state index < -0.39 is 15.8 Å². The van der Waals surface area contributed by atoms with Gasteiger partial charge in [0, 0.05) is 23.8 Å². The number of hydrogen-bond acceptors (Lipinski definition) is 7. The highest BCUT2D eigenvalue weighted by atomic mass is 16.6. The van der Waals surface area contributed by atoms with E-state index in [-0.39, 0.29) is 23.5 Å². The molecule has 152 valence electrons. The standard InChI is InChI=1S/C21H16N2O7/c1-14-11-16(5-10-20(14)23(27)28)21(24)29-13-15-3-2-4-19(12-15)30-18-8-6-17(7-9-18)22(25)26/h2-12H,13H2,1H3. The largest absolute Gasteiger partial charge is 0.457 e. The van der Waals surface area contributed by atoms with Gasteiger partial charge >= 0.3 is 5.97 Å². The number of nitro benzene ring substituents is 2. The summed E-state index contributed by atoms with van der Waals surface area (Å²) < 4.78 is 10.9. The predicted octanol–water partition coefficient (Wildman–Crippen LogP) is 4.96. The number of rotatable bonds is 7. The molecule has 0 radical (unpaired) electrons. The number of hydrogen-bond donors (Lipinski definition) is 0. The topological polar surface area (TPSA) is 122 Å². The van der Waals surface area contributed by atoms with E-state index in [9.17, 15) is 25.0 Å². The number of nitro groups is 2. The van der Waals surface area contributed by atoms with Crippen LogP contribution in [0.1, 0.15) is 21.5 Å². The number of nitrogens with zero attached hydrogens (tertiary/aromatic N) is 2. The van der Waals surface area contributed by atoms with Gasteiger partial charge in [-0.15, -0.1) is 0 Å². The third-order valence-electron chi connectivity index (χ3n) is 4.18. The van der Waals surface area contributed by atoms with Crippen LogP contribution in [0.2, 0.25) is 0 Å². The van der Waals surface area contributed by atoms with Gasteiger partial charge in [0.2, 0.25) is 0 Å². The Balaban J connectivity index is 1.63. The number of carbonyl (C=O) groups excluding carboxylic acids is 1. The Morgan fingerprint density at radius 1 is 0.900 bits per heavy atom. The quantitative estimate of drug-likeness (QED) is 0.307. The number of carbonyl (C=O) groups is 1. The van der Waals surface area contributed by atoms with Crippen molar-refractivity contribution in [1.82, 2.24) is 0 Å². The first-order valence-electron chi connectivity index (χ1n) is 8.77. The zero-order chi connectivity index (χ0) is 21.7. The number of aryl methyl sites for hydroxylation is 1. The molecule has 0 atom stereocenters. The summed E-state index contributed by atoms with van der Waals surface area (Å²) in [6.45, 7) is 1.53. The van der Waals surface area contributed by atoms with E-state index in [1.54, 1.807) is 31.2 Å². The molecule has 0 bridgehead atoms. The molecule has 3 aromatic rings. The van der Waals surface area contributed by atoms with Crippen LogP contribution in [0.3, 0.4) is 0 Å². The average Bonchev–Trinajstić information content (AvgIpc) is 2.72. The van der Waals surface area contributed by atoms with E-state index in [0.29, 0.717) is 22.6 Å². The fraction of sp³-hybridized carbons (Fsp3) is 0.0952. The zero-order valence-electron chi connectivity index (χ0n) is 15.8. The average molecular weight is 408 g/mol. The van der Waals surface area contributed by atoms with Gasteiger partial charge in [-0.2, -0.15) is 0 Å². The van der Waals surface area contributed by atoms with Crippen molar-refractivity contribution in [2.75, 3.05) is 0 Å². The number of esters is 1. The van der Waals surface area contributed by atoms with Gasteiger partial charge < -0.3 is 9.47 Å². The van der Waals surface area contributed by atoms with E-state index in [2.05, 4.69) is 0 Å². The lowest BCUT2D eigenvalue weighted by Crippen LogP contribution is -2.06. The summed E-state index contributed by atoms with van der Waals surface area (Å²) in [4.78, 5) is 32.8. The van der Waals surface area contributed by atoms with E-state index in [1.807, 2.05) is 0 Å². The zero-order valence-corrected chi connectivity index (χ0v) is 15.8. The van der Waals surface area contributed by atoms with Gasteiger partial charge in [-0.05, 0) is 48.9 Å². The molecule has 0 unspecified atom stereocenters. The summed E-state index contributed by atoms with van der Waals surface area (Å²) in [5, 5.41) is 21.6. The molecular weight excluding hydrogens is 392 g/mol. The van der Waals surface area contributed by atoms with Crippen LogP contribution < -0.4 is 4.74 Å². The highest BCUT2D eigenvalue weighted by Crippen LogP contribution is 2.25. The minimum absolute atomic E-state index is 0.0215. The first kappa shape index (κ1) is 20.5. The Kier molecular flexibility index (Phi) is 6.02. The van der Waals surface area contributed by atoms with Crippen LogP contribution in [0, 0.1) is 27.2 Å². The third kappa shape index (κ3) is 4.96. The first-order chi connectivity index (χ1) is 14.3. The summed E-state index contributed by atoms with van der Waals surface area (Å²) in [5.41, 5.74) is 1.15. The molecule has 0 spiro atoms. The molecule has 9 heteroatoms. The van der Waals surface area contributed by atoms with Crippen LogP contribution in [-0.4, -0.2) is 15.8 Å². The molecule has 9 nitrogen and oxygen atoms in total. The molecule has 0 N–H and O–H groups in total. The van der Waals surface area contributed by atoms with Gasteiger partial charge in [-0.1, -0.05) is 12.1 Å². The maximum Gasteiger partial charge on any atom is 0.338 e. The van der Waals surface area contributed by atoms with E-state index in [1.165, 1.54) is 42.5 Å². The minimum Gasteiger partial charge on any atom is -0.457 e. The van der Waals surface area contributed by atoms with Crippen LogP contribution >= 0.6 is 0 Å². The van der Waals surface area contributed by atoms with Gasteiger partial charge in [0.1, 0.15) is 18.1 Å². The molecular formula is C21H16N2O7. The van der Waals surface area contributed by atoms with Crippen molar-refractivity contribution in [3.05, 3.63) is 104 Å². The Morgan fingerprint density at radius 2 is 1.63 bits per heavy atom. The molecule has 0 aliphatic rings. The lowest BCUT2D eigenvalue weighted by atomic mass is 10.1. The first-order valence-corrected chi connectivity index (χ1v) is 8.77. The Bertz CT molecular complexity index is 1110. The monoisotopic (exact) mass is 408 g/mol. The minimum atomic E-state index is -0.602. The fourth-order valence-corrected chi connectivity index (χ4v) is 2.69. The van der Waals surface area contributed by atoms with Crippen LogP contribution in [0.4, 0.5) is 11.4 Å². The molecule has 0 saturated carbocycles. The molecule has 0 heterocycles. The maximum absolute atomic E-state index is 12.2. The van der Waals surface area contributed by atoms with Crippen molar-refractivity contribution in [3.8, 4) is 11.5 Å². The van der Waals surface area contributed by atoms with E-state index in [4.69, 9.17) is 9.47 Å². The van der Waals surface area contributed by atoms with Gasteiger partial charge in [-0.3, -0.25) is 20.2 Å². The van der Waals surface area contributed by atoms with E-state index in [0.717, 1.165) is 0 Å². The Hall–Kier alpha value is -4.27. The molecule has 0 saturated heterocycles. The van der Waals surface area contributed by atoms with Crippen molar-refractivity contribution in [2.24, 2.45) is 0 Å². The van der Waals surface area contributed by atoms with Crippen LogP contribution in [0.5, 0.6) is 11.5 Å². The van der Waals surface area contributed by atoms with Crippen molar-refractivity contribution < 1.29 is 24.1 Å². The van der Waals surface area contributed by atoms with E-state index >= 15 is 0 Å². The second kappa shape index (κ2) is 8.82. The normalized spacial score (nSPS) is 10.3. The highest BCUT2D eigenvalue weighted by molar-refractivity contribution is 5.90. The van der Waals surface area contributed by atoms with Crippen molar-refractivity contribution >= 4 is 17.3 Å². The lowest BCUT2D eigenvalue weighted by Gasteiger charge is -2.09. The molecule has 0 fully saturated rings. The van der Waals surface area contributed by atoms with Crippen molar-refractivity contribution in [1.29, 1.82) is 0 Å². The molecule has 3 rings (SSSR count). The molecule has 0 aliphatic heterocycles. The summed E-state index contributed by atoms with van der Waals surface area (Å²) in [6.07, 6.45) is 0. The molecule has 3 aromatic carbocycles. The smallest absolute Gasteiger partial charge is 0.338 e. The summed E-state index contributed by atoms with van der Waals surface area (Å²) in [5.74, 6) is 0.300. The summed E-state index contributed by atoms with van der Waals surface area (Å²) in [6, 6.07) is 16.5. The van der Waals surface area contributed by atoms with Crippen molar-refractivity contribution in [3.63, 3.8) is 0 Å². The Labute approximate surface area is 170 Å². The Morgan fingerprint density at radius 3 is 2.27 bits per heavy atom. The number of non-ortho nitro benzene ring substituents is 1.